The van der Waals surface area contributed by atoms with Crippen molar-refractivity contribution in [1.29, 1.82) is 0 Å². The summed E-state index contributed by atoms with van der Waals surface area (Å²) in [6.07, 6.45) is 0.704. The van der Waals surface area contributed by atoms with E-state index in [-0.39, 0.29) is 6.04 Å². The first-order valence-corrected chi connectivity index (χ1v) is 8.53. The van der Waals surface area contributed by atoms with Crippen LogP contribution < -0.4 is 16.0 Å². The van der Waals surface area contributed by atoms with Gasteiger partial charge < -0.3 is 4.74 Å². The zero-order valence-corrected chi connectivity index (χ0v) is 15.9. The molecule has 0 aliphatic heterocycles. The second kappa shape index (κ2) is 7.78. The Balaban J connectivity index is 2.30. The second-order valence-electron chi connectivity index (χ2n) is 4.55. The predicted octanol–water partition coefficient (Wildman–Crippen LogP) is 4.46. The van der Waals surface area contributed by atoms with Crippen molar-refractivity contribution in [3.05, 3.63) is 60.6 Å². The summed E-state index contributed by atoms with van der Waals surface area (Å²) in [5.41, 5.74) is 4.97. The van der Waals surface area contributed by atoms with Gasteiger partial charge >= 0.3 is 0 Å². The summed E-state index contributed by atoms with van der Waals surface area (Å²) in [6.45, 7) is 0. The van der Waals surface area contributed by atoms with Crippen molar-refractivity contribution in [1.82, 2.24) is 5.43 Å². The summed E-state index contributed by atoms with van der Waals surface area (Å²) >= 11 is 11.9. The van der Waals surface area contributed by atoms with E-state index in [1.165, 1.54) is 0 Å². The van der Waals surface area contributed by atoms with Crippen LogP contribution in [0.5, 0.6) is 5.75 Å². The molecular weight excluding hydrogens is 466 g/mol. The van der Waals surface area contributed by atoms with Crippen LogP contribution in [0, 0.1) is 3.57 Å². The molecule has 1 unspecified atom stereocenters. The fourth-order valence-electron chi connectivity index (χ4n) is 2.13. The smallest absolute Gasteiger partial charge is 0.122 e. The van der Waals surface area contributed by atoms with Gasteiger partial charge in [-0.25, -0.2) is 0 Å². The predicted molar refractivity (Wildman–Crippen MR) is 98.6 cm³/mol. The normalized spacial score (nSPS) is 12.2. The Labute approximate surface area is 151 Å². The molecule has 0 spiro atoms. The molecule has 0 radical (unpaired) electrons. The lowest BCUT2D eigenvalue weighted by Gasteiger charge is -2.19. The Bertz CT molecular complexity index is 639. The summed E-state index contributed by atoms with van der Waals surface area (Å²) < 4.78 is 7.44. The van der Waals surface area contributed by atoms with E-state index >= 15 is 0 Å². The molecule has 3 nitrogen and oxygen atoms in total. The molecule has 0 aliphatic carbocycles. The quantitative estimate of drug-likeness (QED) is 0.377. The van der Waals surface area contributed by atoms with Gasteiger partial charge in [0.1, 0.15) is 5.75 Å². The van der Waals surface area contributed by atoms with Gasteiger partial charge in [-0.2, -0.15) is 0 Å². The molecule has 6 heteroatoms. The number of benzene rings is 2. The average Bonchev–Trinajstić information content (AvgIpc) is 2.48. The highest BCUT2D eigenvalue weighted by molar-refractivity contribution is 14.1. The molecule has 3 N–H and O–H groups in total. The van der Waals surface area contributed by atoms with Crippen molar-refractivity contribution in [2.24, 2.45) is 5.84 Å². The van der Waals surface area contributed by atoms with E-state index < -0.39 is 0 Å². The van der Waals surface area contributed by atoms with Crippen LogP contribution in [0.3, 0.4) is 0 Å². The van der Waals surface area contributed by atoms with E-state index in [1.807, 2.05) is 36.4 Å². The lowest BCUT2D eigenvalue weighted by molar-refractivity contribution is 0.405. The molecule has 0 saturated heterocycles. The molecule has 1 atom stereocenters. The van der Waals surface area contributed by atoms with Crippen LogP contribution in [0.2, 0.25) is 5.02 Å². The Kier molecular flexibility index (Phi) is 6.31. The molecule has 0 amide bonds. The Morgan fingerprint density at radius 2 is 2.10 bits per heavy atom. The van der Waals surface area contributed by atoms with Crippen molar-refractivity contribution in [2.75, 3.05) is 7.11 Å². The second-order valence-corrected chi connectivity index (χ2v) is 7.04. The van der Waals surface area contributed by atoms with E-state index in [4.69, 9.17) is 22.2 Å². The standard InChI is InChI=1S/C15H15BrClIN2O/c1-21-15-5-3-11(16)6-10(15)8-14(20-19)9-2-4-13(18)12(17)7-9/h2-7,14,20H,8,19H2,1H3. The van der Waals surface area contributed by atoms with E-state index in [2.05, 4.69) is 43.9 Å². The molecule has 21 heavy (non-hydrogen) atoms. The third kappa shape index (κ3) is 4.32. The molecule has 0 saturated carbocycles. The first-order chi connectivity index (χ1) is 10.0. The number of hydrogen-bond acceptors (Lipinski definition) is 3. The van der Waals surface area contributed by atoms with Crippen molar-refractivity contribution in [3.63, 3.8) is 0 Å². The molecule has 0 heterocycles. The number of hydrazine groups is 1. The maximum Gasteiger partial charge on any atom is 0.122 e. The number of nitrogens with one attached hydrogen (secondary N) is 1. The molecule has 2 aromatic carbocycles. The minimum atomic E-state index is -0.0392. The van der Waals surface area contributed by atoms with Crippen LogP contribution in [0.4, 0.5) is 0 Å². The number of rotatable bonds is 5. The lowest BCUT2D eigenvalue weighted by Crippen LogP contribution is -2.29. The van der Waals surface area contributed by atoms with Gasteiger partial charge in [-0.1, -0.05) is 33.6 Å². The van der Waals surface area contributed by atoms with Crippen LogP contribution in [0.25, 0.3) is 0 Å². The van der Waals surface area contributed by atoms with Crippen LogP contribution in [0.15, 0.2) is 40.9 Å². The Hall–Kier alpha value is -0.340. The van der Waals surface area contributed by atoms with Gasteiger partial charge in [0.15, 0.2) is 0 Å². The van der Waals surface area contributed by atoms with Gasteiger partial charge in [-0.15, -0.1) is 0 Å². The zero-order chi connectivity index (χ0) is 15.4. The van der Waals surface area contributed by atoms with Gasteiger partial charge in [-0.05, 0) is 70.5 Å². The monoisotopic (exact) mass is 480 g/mol. The van der Waals surface area contributed by atoms with E-state index in [9.17, 15) is 0 Å². The Morgan fingerprint density at radius 1 is 1.33 bits per heavy atom. The Morgan fingerprint density at radius 3 is 2.71 bits per heavy atom. The molecule has 2 rings (SSSR count). The van der Waals surface area contributed by atoms with Crippen LogP contribution in [-0.2, 0) is 6.42 Å². The molecule has 0 fully saturated rings. The number of nitrogens with two attached hydrogens (primary N) is 1. The molecule has 0 aromatic heterocycles. The third-order valence-corrected chi connectivity index (χ3v) is 5.28. The minimum Gasteiger partial charge on any atom is -0.496 e. The molecule has 0 aliphatic rings. The summed E-state index contributed by atoms with van der Waals surface area (Å²) in [4.78, 5) is 0. The molecular formula is C15H15BrClIN2O. The van der Waals surface area contributed by atoms with E-state index in [0.29, 0.717) is 6.42 Å². The summed E-state index contributed by atoms with van der Waals surface area (Å²) in [7, 11) is 1.67. The van der Waals surface area contributed by atoms with Crippen molar-refractivity contribution >= 4 is 50.1 Å². The lowest BCUT2D eigenvalue weighted by atomic mass is 9.99. The summed E-state index contributed by atoms with van der Waals surface area (Å²) in [6, 6.07) is 11.9. The first-order valence-electron chi connectivity index (χ1n) is 6.28. The third-order valence-electron chi connectivity index (χ3n) is 3.21. The van der Waals surface area contributed by atoms with E-state index in [0.717, 1.165) is 29.9 Å². The first kappa shape index (κ1) is 17.0. The maximum absolute atomic E-state index is 6.19. The van der Waals surface area contributed by atoms with Crippen LogP contribution >= 0.6 is 50.1 Å². The number of ether oxygens (including phenoxy) is 1. The molecule has 2 aromatic rings. The van der Waals surface area contributed by atoms with Gasteiger partial charge in [0.05, 0.1) is 18.2 Å². The number of halogens is 3. The number of hydrogen-bond donors (Lipinski definition) is 2. The summed E-state index contributed by atoms with van der Waals surface area (Å²) in [5.74, 6) is 6.57. The maximum atomic E-state index is 6.19. The van der Waals surface area contributed by atoms with Crippen LogP contribution in [-0.4, -0.2) is 7.11 Å². The van der Waals surface area contributed by atoms with Gasteiger partial charge in [0.2, 0.25) is 0 Å². The zero-order valence-electron chi connectivity index (χ0n) is 11.4. The number of methoxy groups -OCH3 is 1. The minimum absolute atomic E-state index is 0.0392. The average molecular weight is 482 g/mol. The highest BCUT2D eigenvalue weighted by atomic mass is 127. The highest BCUT2D eigenvalue weighted by Crippen LogP contribution is 2.29. The largest absolute Gasteiger partial charge is 0.496 e. The highest BCUT2D eigenvalue weighted by Gasteiger charge is 2.15. The van der Waals surface area contributed by atoms with Crippen LogP contribution in [0.1, 0.15) is 17.2 Å². The fourth-order valence-corrected chi connectivity index (χ4v) is 3.06. The van der Waals surface area contributed by atoms with Crippen molar-refractivity contribution < 1.29 is 4.74 Å². The van der Waals surface area contributed by atoms with Gasteiger partial charge in [0.25, 0.3) is 0 Å². The SMILES string of the molecule is COc1ccc(Br)cc1CC(NN)c1ccc(I)c(Cl)c1. The molecule has 0 bridgehead atoms. The van der Waals surface area contributed by atoms with Crippen molar-refractivity contribution in [3.8, 4) is 5.75 Å². The topological polar surface area (TPSA) is 47.3 Å². The van der Waals surface area contributed by atoms with Gasteiger partial charge in [0, 0.05) is 8.04 Å². The van der Waals surface area contributed by atoms with E-state index in [1.54, 1.807) is 7.11 Å². The van der Waals surface area contributed by atoms with Gasteiger partial charge in [-0.3, -0.25) is 11.3 Å². The molecule has 112 valence electrons. The summed E-state index contributed by atoms with van der Waals surface area (Å²) in [5, 5.41) is 0.731. The fraction of sp³-hybridized carbons (Fsp3) is 0.200. The van der Waals surface area contributed by atoms with Crippen molar-refractivity contribution in [2.45, 2.75) is 12.5 Å².